The van der Waals surface area contributed by atoms with Gasteiger partial charge in [-0.05, 0) is 85.0 Å². The Morgan fingerprint density at radius 1 is 0.875 bits per heavy atom. The molecule has 3 unspecified atom stereocenters. The van der Waals surface area contributed by atoms with Gasteiger partial charge in [0, 0.05) is 13.1 Å². The van der Waals surface area contributed by atoms with Crippen LogP contribution < -0.4 is 9.47 Å². The lowest BCUT2D eigenvalue weighted by molar-refractivity contribution is -0.165. The van der Waals surface area contributed by atoms with Crippen molar-refractivity contribution < 1.29 is 57.7 Å². The quantitative estimate of drug-likeness (QED) is 0.184. The second-order valence-electron chi connectivity index (χ2n) is 11.3. The summed E-state index contributed by atoms with van der Waals surface area (Å²) in [5.41, 5.74) is 3.65. The molecule has 3 aromatic carbocycles. The van der Waals surface area contributed by atoms with Gasteiger partial charge in [-0.2, -0.15) is 0 Å². The molecular weight excluding hydrogens is 632 g/mol. The number of rotatable bonds is 15. The van der Waals surface area contributed by atoms with Crippen LogP contribution in [0.15, 0.2) is 60.7 Å². The molecule has 0 spiro atoms. The molecule has 0 aliphatic carbocycles. The number of carbonyl (C=O) groups is 2. The second kappa shape index (κ2) is 17.9. The second-order valence-corrected chi connectivity index (χ2v) is 11.3. The maximum Gasteiger partial charge on any atom is 0.335 e. The fourth-order valence-corrected chi connectivity index (χ4v) is 5.40. The van der Waals surface area contributed by atoms with Gasteiger partial charge in [-0.25, -0.2) is 18.4 Å². The summed E-state index contributed by atoms with van der Waals surface area (Å²) in [6.45, 7) is 4.78. The summed E-state index contributed by atoms with van der Waals surface area (Å²) in [4.78, 5) is 21.8. The molecule has 48 heavy (non-hydrogen) atoms. The number of fused-ring (bicyclic) bond motifs is 1. The van der Waals surface area contributed by atoms with Gasteiger partial charge >= 0.3 is 11.9 Å². The van der Waals surface area contributed by atoms with E-state index in [2.05, 4.69) is 31.0 Å². The van der Waals surface area contributed by atoms with Crippen LogP contribution in [0.4, 0.5) is 8.78 Å². The standard InChI is InChI=1S/C31H37F2NO4.C4H6O6/c1-5-31(27-21-29(36-4)28(35-3)20-24(27)14-18-38-31)15-16-34(2)17-19-37-30(22-6-10-25(32)11-7-22)23-8-12-26(33)13-9-23;5-1(3(7)8)2(6)4(9)10/h6-13,20-21,30H,5,14-19H2,1-4H3;1-2,5-6H,(H,7,8)(H,9,10). The van der Waals surface area contributed by atoms with Gasteiger partial charge in [0.15, 0.2) is 23.7 Å². The Hall–Kier alpha value is -4.14. The van der Waals surface area contributed by atoms with Crippen molar-refractivity contribution in [3.05, 3.63) is 94.6 Å². The number of aliphatic hydroxyl groups is 2. The van der Waals surface area contributed by atoms with E-state index in [4.69, 9.17) is 39.4 Å². The lowest BCUT2D eigenvalue weighted by atomic mass is 9.81. The SMILES string of the molecule is CCC1(CCN(C)CCOC(c2ccc(F)cc2)c2ccc(F)cc2)OCCc2cc(OC)c(OC)cc21.O=C(O)C(O)C(O)C(=O)O. The van der Waals surface area contributed by atoms with Gasteiger partial charge in [0.25, 0.3) is 0 Å². The van der Waals surface area contributed by atoms with Gasteiger partial charge in [0.1, 0.15) is 17.7 Å². The Labute approximate surface area is 278 Å². The van der Waals surface area contributed by atoms with E-state index in [0.29, 0.717) is 25.5 Å². The summed E-state index contributed by atoms with van der Waals surface area (Å²) in [5.74, 6) is -2.70. The van der Waals surface area contributed by atoms with Gasteiger partial charge in [-0.15, -0.1) is 0 Å². The number of benzene rings is 3. The van der Waals surface area contributed by atoms with Crippen molar-refractivity contribution in [2.75, 3.05) is 47.6 Å². The van der Waals surface area contributed by atoms with E-state index < -0.39 is 35.9 Å². The Kier molecular flexibility index (Phi) is 14.2. The molecule has 262 valence electrons. The molecule has 0 aromatic heterocycles. The molecule has 1 heterocycles. The molecule has 13 heteroatoms. The first-order valence-electron chi connectivity index (χ1n) is 15.4. The molecule has 0 fully saturated rings. The highest BCUT2D eigenvalue weighted by Crippen LogP contribution is 2.43. The summed E-state index contributed by atoms with van der Waals surface area (Å²) in [7, 11) is 5.38. The number of hydrogen-bond donors (Lipinski definition) is 4. The molecule has 0 radical (unpaired) electrons. The van der Waals surface area contributed by atoms with Gasteiger partial charge in [0.2, 0.25) is 0 Å². The van der Waals surface area contributed by atoms with Crippen LogP contribution in [0.3, 0.4) is 0 Å². The van der Waals surface area contributed by atoms with E-state index in [-0.39, 0.29) is 11.6 Å². The van der Waals surface area contributed by atoms with E-state index >= 15 is 0 Å². The number of ether oxygens (including phenoxy) is 4. The van der Waals surface area contributed by atoms with Crippen molar-refractivity contribution >= 4 is 11.9 Å². The Morgan fingerprint density at radius 3 is 1.83 bits per heavy atom. The summed E-state index contributed by atoms with van der Waals surface area (Å²) < 4.78 is 50.8. The lowest BCUT2D eigenvalue weighted by Crippen LogP contribution is -2.39. The molecule has 3 aromatic rings. The van der Waals surface area contributed by atoms with E-state index in [0.717, 1.165) is 42.7 Å². The number of hydrogen-bond acceptors (Lipinski definition) is 9. The number of aliphatic hydroxyl groups excluding tert-OH is 2. The van der Waals surface area contributed by atoms with E-state index in [1.165, 1.54) is 35.4 Å². The Morgan fingerprint density at radius 2 is 1.38 bits per heavy atom. The smallest absolute Gasteiger partial charge is 0.335 e. The molecule has 1 aliphatic rings. The molecule has 11 nitrogen and oxygen atoms in total. The number of carboxylic acids is 2. The number of aliphatic carboxylic acids is 2. The molecule has 4 rings (SSSR count). The van der Waals surface area contributed by atoms with E-state index in [9.17, 15) is 18.4 Å². The van der Waals surface area contributed by atoms with E-state index in [1.807, 2.05) is 0 Å². The predicted octanol–water partition coefficient (Wildman–Crippen LogP) is 4.17. The van der Waals surface area contributed by atoms with Crippen LogP contribution in [0.25, 0.3) is 0 Å². The monoisotopic (exact) mass is 675 g/mol. The van der Waals surface area contributed by atoms with Crippen molar-refractivity contribution in [3.63, 3.8) is 0 Å². The first-order chi connectivity index (χ1) is 22.8. The van der Waals surface area contributed by atoms with Crippen molar-refractivity contribution in [1.82, 2.24) is 4.90 Å². The van der Waals surface area contributed by atoms with Crippen molar-refractivity contribution in [3.8, 4) is 11.5 Å². The number of carboxylic acid groups (broad SMARTS) is 2. The average molecular weight is 676 g/mol. The van der Waals surface area contributed by atoms with E-state index in [1.54, 1.807) is 38.5 Å². The fraction of sp³-hybridized carbons (Fsp3) is 0.429. The third-order valence-corrected chi connectivity index (χ3v) is 8.23. The highest BCUT2D eigenvalue weighted by molar-refractivity contribution is 5.83. The van der Waals surface area contributed by atoms with Crippen LogP contribution in [-0.4, -0.2) is 97.0 Å². The fourth-order valence-electron chi connectivity index (χ4n) is 5.40. The van der Waals surface area contributed by atoms with Crippen LogP contribution >= 0.6 is 0 Å². The minimum absolute atomic E-state index is 0.307. The highest BCUT2D eigenvalue weighted by atomic mass is 19.1. The molecule has 0 saturated carbocycles. The zero-order chi connectivity index (χ0) is 35.4. The molecule has 0 saturated heterocycles. The van der Waals surface area contributed by atoms with Gasteiger partial charge in [-0.3, -0.25) is 0 Å². The van der Waals surface area contributed by atoms with Gasteiger partial charge < -0.3 is 44.3 Å². The number of likely N-dealkylation sites (N-methyl/N-ethyl adjacent to an activating group) is 1. The normalized spacial score (nSPS) is 16.8. The maximum atomic E-state index is 13.5. The maximum absolute atomic E-state index is 13.5. The lowest BCUT2D eigenvalue weighted by Gasteiger charge is -2.40. The summed E-state index contributed by atoms with van der Waals surface area (Å²) in [6.07, 6.45) is -2.44. The molecule has 0 bridgehead atoms. The van der Waals surface area contributed by atoms with Crippen molar-refractivity contribution in [1.29, 1.82) is 0 Å². The van der Waals surface area contributed by atoms with Crippen molar-refractivity contribution in [2.24, 2.45) is 0 Å². The number of methoxy groups -OCH3 is 2. The van der Waals surface area contributed by atoms with Crippen LogP contribution in [-0.2, 0) is 31.1 Å². The van der Waals surface area contributed by atoms with Crippen LogP contribution in [0.5, 0.6) is 11.5 Å². The summed E-state index contributed by atoms with van der Waals surface area (Å²) in [5, 5.41) is 32.5. The van der Waals surface area contributed by atoms with Crippen LogP contribution in [0.2, 0.25) is 0 Å². The zero-order valence-corrected chi connectivity index (χ0v) is 27.4. The molecule has 0 amide bonds. The van der Waals surface area contributed by atoms with Crippen LogP contribution in [0.1, 0.15) is 48.1 Å². The van der Waals surface area contributed by atoms with Crippen LogP contribution in [0, 0.1) is 11.6 Å². The minimum Gasteiger partial charge on any atom is -0.493 e. The minimum atomic E-state index is -2.27. The Bertz CT molecular complexity index is 1420. The van der Waals surface area contributed by atoms with Crippen molar-refractivity contribution in [2.45, 2.75) is 50.1 Å². The molecule has 1 aliphatic heterocycles. The third-order valence-electron chi connectivity index (χ3n) is 8.23. The Balaban J connectivity index is 0.000000542. The summed E-state index contributed by atoms with van der Waals surface area (Å²) >= 11 is 0. The molecule has 4 N–H and O–H groups in total. The first-order valence-corrected chi connectivity index (χ1v) is 15.4. The van der Waals surface area contributed by atoms with Gasteiger partial charge in [-0.1, -0.05) is 31.2 Å². The van der Waals surface area contributed by atoms with Gasteiger partial charge in [0.05, 0.1) is 33.0 Å². The molecular formula is C35H43F2NO10. The number of halogens is 2. The number of nitrogens with zero attached hydrogens (tertiary/aromatic N) is 1. The average Bonchev–Trinajstić information content (AvgIpc) is 3.09. The first kappa shape index (κ1) is 38.3. The predicted molar refractivity (Wildman–Crippen MR) is 171 cm³/mol. The zero-order valence-electron chi connectivity index (χ0n) is 27.4. The topological polar surface area (TPSA) is 155 Å². The summed E-state index contributed by atoms with van der Waals surface area (Å²) in [6, 6.07) is 16.6. The largest absolute Gasteiger partial charge is 0.493 e. The highest BCUT2D eigenvalue weighted by Gasteiger charge is 2.37. The third kappa shape index (κ3) is 9.94. The molecule has 3 atom stereocenters.